The Morgan fingerprint density at radius 3 is 3.07 bits per heavy atom. The molecule has 0 spiro atoms. The van der Waals surface area contributed by atoms with Crippen LogP contribution in [-0.4, -0.2) is 29.2 Å². The van der Waals surface area contributed by atoms with Crippen molar-refractivity contribution in [2.45, 2.75) is 13.3 Å². The molecule has 0 aromatic carbocycles. The Hall–Kier alpha value is -1.65. The molecule has 1 aromatic rings. The van der Waals surface area contributed by atoms with Gasteiger partial charge in [0.15, 0.2) is 5.82 Å². The number of hydrogen-bond donors (Lipinski definition) is 1. The fourth-order valence-corrected chi connectivity index (χ4v) is 1.88. The van der Waals surface area contributed by atoms with E-state index in [0.29, 0.717) is 6.54 Å². The first kappa shape index (κ1) is 9.89. The summed E-state index contributed by atoms with van der Waals surface area (Å²) < 4.78 is 0. The first-order valence-electron chi connectivity index (χ1n) is 5.01. The van der Waals surface area contributed by atoms with Crippen LogP contribution in [0.4, 0.5) is 5.82 Å². The molecule has 1 fully saturated rings. The van der Waals surface area contributed by atoms with Crippen LogP contribution in [0.1, 0.15) is 12.0 Å². The summed E-state index contributed by atoms with van der Waals surface area (Å²) in [7, 11) is 0. The van der Waals surface area contributed by atoms with Crippen molar-refractivity contribution in [1.29, 1.82) is 0 Å². The molecular weight excluding hydrogens is 192 g/mol. The van der Waals surface area contributed by atoms with Crippen molar-refractivity contribution in [3.05, 3.63) is 17.8 Å². The second-order valence-electron chi connectivity index (χ2n) is 3.87. The lowest BCUT2D eigenvalue weighted by molar-refractivity contribution is -0.121. The van der Waals surface area contributed by atoms with Gasteiger partial charge < -0.3 is 10.6 Å². The van der Waals surface area contributed by atoms with Gasteiger partial charge in [0.25, 0.3) is 0 Å². The number of primary amides is 1. The first-order chi connectivity index (χ1) is 7.18. The third-order valence-electron chi connectivity index (χ3n) is 2.79. The summed E-state index contributed by atoms with van der Waals surface area (Å²) in [4.78, 5) is 13.1. The molecule has 2 rings (SSSR count). The molecular formula is C10H14N4O. The van der Waals surface area contributed by atoms with Crippen molar-refractivity contribution >= 4 is 11.7 Å². The van der Waals surface area contributed by atoms with Crippen molar-refractivity contribution in [2.24, 2.45) is 11.7 Å². The van der Waals surface area contributed by atoms with Crippen molar-refractivity contribution in [2.75, 3.05) is 18.0 Å². The number of carbonyl (C=O) groups is 1. The molecule has 0 saturated carbocycles. The van der Waals surface area contributed by atoms with Crippen LogP contribution < -0.4 is 10.6 Å². The minimum atomic E-state index is -0.223. The van der Waals surface area contributed by atoms with Gasteiger partial charge in [0, 0.05) is 13.1 Å². The fraction of sp³-hybridized carbons (Fsp3) is 0.500. The maximum atomic E-state index is 11.0. The summed E-state index contributed by atoms with van der Waals surface area (Å²) >= 11 is 0. The molecule has 1 aliphatic rings. The van der Waals surface area contributed by atoms with Gasteiger partial charge in [-0.2, -0.15) is 5.10 Å². The molecule has 80 valence electrons. The lowest BCUT2D eigenvalue weighted by atomic mass is 10.1. The van der Waals surface area contributed by atoms with Crippen LogP contribution in [0.2, 0.25) is 0 Å². The summed E-state index contributed by atoms with van der Waals surface area (Å²) in [6, 6.07) is 1.92. The number of aryl methyl sites for hydroxylation is 1. The predicted molar refractivity (Wildman–Crippen MR) is 56.3 cm³/mol. The van der Waals surface area contributed by atoms with Gasteiger partial charge in [0.1, 0.15) is 0 Å². The SMILES string of the molecule is Cc1ccnnc1N1CCC(C(N)=O)C1. The second kappa shape index (κ2) is 3.84. The summed E-state index contributed by atoms with van der Waals surface area (Å²) in [5.74, 6) is 0.590. The van der Waals surface area contributed by atoms with Gasteiger partial charge in [-0.3, -0.25) is 4.79 Å². The maximum absolute atomic E-state index is 11.0. The van der Waals surface area contributed by atoms with E-state index in [9.17, 15) is 4.79 Å². The van der Waals surface area contributed by atoms with Gasteiger partial charge >= 0.3 is 0 Å². The largest absolute Gasteiger partial charge is 0.369 e. The summed E-state index contributed by atoms with van der Waals surface area (Å²) in [5.41, 5.74) is 6.35. The summed E-state index contributed by atoms with van der Waals surface area (Å²) in [6.45, 7) is 3.48. The quantitative estimate of drug-likeness (QED) is 0.744. The van der Waals surface area contributed by atoms with E-state index in [4.69, 9.17) is 5.73 Å². The van der Waals surface area contributed by atoms with Crippen molar-refractivity contribution in [3.8, 4) is 0 Å². The number of rotatable bonds is 2. The van der Waals surface area contributed by atoms with Gasteiger partial charge in [-0.1, -0.05) is 0 Å². The van der Waals surface area contributed by atoms with Gasteiger partial charge in [-0.25, -0.2) is 0 Å². The summed E-state index contributed by atoms with van der Waals surface area (Å²) in [5, 5.41) is 7.93. The molecule has 1 atom stereocenters. The van der Waals surface area contributed by atoms with Crippen LogP contribution in [0, 0.1) is 12.8 Å². The Bertz CT molecular complexity index is 379. The Labute approximate surface area is 88.3 Å². The highest BCUT2D eigenvalue weighted by Gasteiger charge is 2.28. The smallest absolute Gasteiger partial charge is 0.222 e. The lowest BCUT2D eigenvalue weighted by Crippen LogP contribution is -2.28. The molecule has 1 aliphatic heterocycles. The van der Waals surface area contributed by atoms with Gasteiger partial charge in [-0.15, -0.1) is 5.10 Å². The van der Waals surface area contributed by atoms with Crippen LogP contribution in [0.5, 0.6) is 0 Å². The van der Waals surface area contributed by atoms with Crippen molar-refractivity contribution < 1.29 is 4.79 Å². The predicted octanol–water partition coefficient (Wildman–Crippen LogP) is 0.0966. The van der Waals surface area contributed by atoms with Gasteiger partial charge in [-0.05, 0) is 25.0 Å². The molecule has 0 aliphatic carbocycles. The number of nitrogens with two attached hydrogens (primary N) is 1. The molecule has 1 amide bonds. The van der Waals surface area contributed by atoms with Crippen LogP contribution in [-0.2, 0) is 4.79 Å². The molecule has 5 heteroatoms. The molecule has 5 nitrogen and oxygen atoms in total. The normalized spacial score (nSPS) is 20.6. The monoisotopic (exact) mass is 206 g/mol. The number of hydrogen-bond acceptors (Lipinski definition) is 4. The van der Waals surface area contributed by atoms with E-state index >= 15 is 0 Å². The average Bonchev–Trinajstić information content (AvgIpc) is 2.67. The molecule has 15 heavy (non-hydrogen) atoms. The average molecular weight is 206 g/mol. The minimum Gasteiger partial charge on any atom is -0.369 e. The van der Waals surface area contributed by atoms with E-state index < -0.39 is 0 Å². The van der Waals surface area contributed by atoms with Crippen molar-refractivity contribution in [3.63, 3.8) is 0 Å². The topological polar surface area (TPSA) is 72.1 Å². The third-order valence-corrected chi connectivity index (χ3v) is 2.79. The van der Waals surface area contributed by atoms with Gasteiger partial charge in [0.2, 0.25) is 5.91 Å². The van der Waals surface area contributed by atoms with Gasteiger partial charge in [0.05, 0.1) is 12.1 Å². The van der Waals surface area contributed by atoms with E-state index in [1.807, 2.05) is 13.0 Å². The number of aromatic nitrogens is 2. The molecule has 2 heterocycles. The summed E-state index contributed by atoms with van der Waals surface area (Å²) in [6.07, 6.45) is 2.48. The van der Waals surface area contributed by atoms with E-state index in [1.54, 1.807) is 6.20 Å². The number of anilines is 1. The number of carbonyl (C=O) groups excluding carboxylic acids is 1. The molecule has 1 unspecified atom stereocenters. The Balaban J connectivity index is 2.14. The zero-order valence-corrected chi connectivity index (χ0v) is 8.68. The van der Waals surface area contributed by atoms with Crippen LogP contribution in [0.15, 0.2) is 12.3 Å². The Kier molecular flexibility index (Phi) is 2.53. The van der Waals surface area contributed by atoms with E-state index in [0.717, 1.165) is 24.3 Å². The third kappa shape index (κ3) is 1.91. The zero-order valence-electron chi connectivity index (χ0n) is 8.68. The van der Waals surface area contributed by atoms with E-state index in [-0.39, 0.29) is 11.8 Å². The second-order valence-corrected chi connectivity index (χ2v) is 3.87. The Morgan fingerprint density at radius 1 is 1.67 bits per heavy atom. The molecule has 0 radical (unpaired) electrons. The Morgan fingerprint density at radius 2 is 2.47 bits per heavy atom. The van der Waals surface area contributed by atoms with Crippen LogP contribution >= 0.6 is 0 Å². The maximum Gasteiger partial charge on any atom is 0.222 e. The fourth-order valence-electron chi connectivity index (χ4n) is 1.88. The molecule has 2 N–H and O–H groups in total. The number of amides is 1. The highest BCUT2D eigenvalue weighted by Crippen LogP contribution is 2.23. The molecule has 0 bridgehead atoms. The molecule has 1 saturated heterocycles. The zero-order chi connectivity index (χ0) is 10.8. The highest BCUT2D eigenvalue weighted by molar-refractivity contribution is 5.78. The highest BCUT2D eigenvalue weighted by atomic mass is 16.1. The van der Waals surface area contributed by atoms with E-state index in [2.05, 4.69) is 15.1 Å². The standard InChI is InChI=1S/C10H14N4O/c1-7-2-4-12-13-10(7)14-5-3-8(6-14)9(11)15/h2,4,8H,3,5-6H2,1H3,(H2,11,15). The van der Waals surface area contributed by atoms with Crippen molar-refractivity contribution in [1.82, 2.24) is 10.2 Å². The first-order valence-corrected chi connectivity index (χ1v) is 5.01. The van der Waals surface area contributed by atoms with E-state index in [1.165, 1.54) is 0 Å². The van der Waals surface area contributed by atoms with Crippen LogP contribution in [0.3, 0.4) is 0 Å². The molecule has 1 aromatic heterocycles. The van der Waals surface area contributed by atoms with Crippen LogP contribution in [0.25, 0.3) is 0 Å². The lowest BCUT2D eigenvalue weighted by Gasteiger charge is -2.17. The number of nitrogens with zero attached hydrogens (tertiary/aromatic N) is 3. The minimum absolute atomic E-state index is 0.0496.